The van der Waals surface area contributed by atoms with E-state index in [0.717, 1.165) is 35.2 Å². The highest BCUT2D eigenvalue weighted by Crippen LogP contribution is 2.40. The van der Waals surface area contributed by atoms with Crippen LogP contribution in [0.5, 0.6) is 11.5 Å². The minimum absolute atomic E-state index is 0.357. The highest BCUT2D eigenvalue weighted by atomic mass is 19.3. The lowest BCUT2D eigenvalue weighted by molar-refractivity contribution is -0.0692. The van der Waals surface area contributed by atoms with Crippen molar-refractivity contribution in [3.8, 4) is 11.5 Å². The Morgan fingerprint density at radius 2 is 1.55 bits per heavy atom. The van der Waals surface area contributed by atoms with Gasteiger partial charge < -0.3 is 15.2 Å². The lowest BCUT2D eigenvalue weighted by atomic mass is 9.85. The van der Waals surface area contributed by atoms with Crippen LogP contribution >= 0.6 is 0 Å². The fourth-order valence-corrected chi connectivity index (χ4v) is 5.09. The number of alkyl halides is 4. The molecular weight excluding hydrogens is 498 g/mol. The third-order valence-corrected chi connectivity index (χ3v) is 6.92. The summed E-state index contributed by atoms with van der Waals surface area (Å²) < 4.78 is 60.8. The van der Waals surface area contributed by atoms with E-state index < -0.39 is 30.3 Å². The van der Waals surface area contributed by atoms with Gasteiger partial charge in [-0.15, -0.1) is 0 Å². The van der Waals surface area contributed by atoms with Gasteiger partial charge in [-0.05, 0) is 77.4 Å². The number of halogens is 4. The number of hydrogen-bond donors (Lipinski definition) is 1. The van der Waals surface area contributed by atoms with E-state index in [9.17, 15) is 17.6 Å². The van der Waals surface area contributed by atoms with Crippen molar-refractivity contribution in [2.75, 3.05) is 0 Å². The fraction of sp³-hybridized carbons (Fsp3) is 0.241. The lowest BCUT2D eigenvalue weighted by Gasteiger charge is -2.26. The maximum Gasteiger partial charge on any atom is 0.387 e. The number of benzene rings is 2. The molecule has 0 saturated carbocycles. The first-order valence-corrected chi connectivity index (χ1v) is 12.1. The Morgan fingerprint density at radius 1 is 0.842 bits per heavy atom. The first kappa shape index (κ1) is 25.7. The van der Waals surface area contributed by atoms with Crippen molar-refractivity contribution < 1.29 is 27.0 Å². The number of pyridine rings is 2. The number of nitrogens with two attached hydrogens (primary N) is 1. The third kappa shape index (κ3) is 5.33. The maximum absolute atomic E-state index is 13.1. The van der Waals surface area contributed by atoms with Gasteiger partial charge in [0.2, 0.25) is 0 Å². The van der Waals surface area contributed by atoms with Gasteiger partial charge in [0.1, 0.15) is 0 Å². The van der Waals surface area contributed by atoms with E-state index in [1.54, 1.807) is 24.7 Å². The highest BCUT2D eigenvalue weighted by molar-refractivity contribution is 5.48. The molecule has 0 saturated heterocycles. The first-order valence-electron chi connectivity index (χ1n) is 12.1. The quantitative estimate of drug-likeness (QED) is 0.265. The molecule has 2 heterocycles. The minimum Gasteiger partial charge on any atom is -0.431 e. The first-order chi connectivity index (χ1) is 18.3. The van der Waals surface area contributed by atoms with E-state index in [1.807, 2.05) is 42.5 Å². The number of nitrogens with zero attached hydrogens (tertiary/aromatic N) is 2. The Balaban J connectivity index is 1.52. The van der Waals surface area contributed by atoms with E-state index >= 15 is 0 Å². The molecule has 2 N–H and O–H groups in total. The second-order valence-electron chi connectivity index (χ2n) is 9.18. The van der Waals surface area contributed by atoms with Crippen LogP contribution in [0.3, 0.4) is 0 Å². The molecule has 0 radical (unpaired) electrons. The van der Waals surface area contributed by atoms with Gasteiger partial charge in [-0.25, -0.2) is 0 Å². The van der Waals surface area contributed by atoms with Gasteiger partial charge in [-0.3, -0.25) is 9.97 Å². The molecule has 4 aromatic rings. The zero-order chi connectivity index (χ0) is 26.7. The van der Waals surface area contributed by atoms with Crippen LogP contribution in [-0.4, -0.2) is 23.2 Å². The van der Waals surface area contributed by atoms with E-state index in [1.165, 1.54) is 17.7 Å². The summed E-state index contributed by atoms with van der Waals surface area (Å²) in [5, 5.41) is 0. The minimum atomic E-state index is -3.21. The van der Waals surface area contributed by atoms with Gasteiger partial charge in [0, 0.05) is 24.5 Å². The van der Waals surface area contributed by atoms with Crippen molar-refractivity contribution in [2.24, 2.45) is 5.73 Å². The molecule has 2 aromatic heterocycles. The molecule has 1 unspecified atom stereocenters. The van der Waals surface area contributed by atoms with Gasteiger partial charge in [-0.1, -0.05) is 36.4 Å². The van der Waals surface area contributed by atoms with Crippen LogP contribution in [0.15, 0.2) is 85.3 Å². The standard InChI is InChI=1S/C29H25F4N3O2/c30-27(31)37-24-7-5-20(16-25(24)38-28(32)33)22(15-18-10-13-35-14-11-18)21-6-8-26(36-17-21)29(34)12-9-19-3-1-2-4-23(19)29/h1-8,10-11,13-14,16-17,22,27-28H,9,12,15,34H2/t22?,29-/m1/s1. The van der Waals surface area contributed by atoms with Crippen molar-refractivity contribution in [3.63, 3.8) is 0 Å². The van der Waals surface area contributed by atoms with Crippen LogP contribution in [0.1, 0.15) is 45.8 Å². The van der Waals surface area contributed by atoms with Gasteiger partial charge in [0.25, 0.3) is 0 Å². The summed E-state index contributed by atoms with van der Waals surface area (Å²) in [6.45, 7) is -6.39. The predicted molar refractivity (Wildman–Crippen MR) is 133 cm³/mol. The topological polar surface area (TPSA) is 70.3 Å². The molecule has 0 amide bonds. The Kier molecular flexibility index (Phi) is 7.28. The molecule has 9 heteroatoms. The molecule has 0 spiro atoms. The number of rotatable bonds is 9. The Hall–Kier alpha value is -3.98. The van der Waals surface area contributed by atoms with Crippen molar-refractivity contribution in [1.82, 2.24) is 9.97 Å². The van der Waals surface area contributed by atoms with Gasteiger partial charge >= 0.3 is 13.2 Å². The summed E-state index contributed by atoms with van der Waals surface area (Å²) in [6.07, 6.45) is 7.12. The Bertz CT molecular complexity index is 1390. The summed E-state index contributed by atoms with van der Waals surface area (Å²) in [5.41, 5.74) is 11.4. The smallest absolute Gasteiger partial charge is 0.387 e. The van der Waals surface area contributed by atoms with Gasteiger partial charge in [0.15, 0.2) is 11.5 Å². The Labute approximate surface area is 217 Å². The number of aryl methyl sites for hydroxylation is 1. The lowest BCUT2D eigenvalue weighted by Crippen LogP contribution is -2.36. The molecule has 5 nitrogen and oxygen atoms in total. The van der Waals surface area contributed by atoms with Crippen molar-refractivity contribution in [1.29, 1.82) is 0 Å². The molecule has 5 rings (SSSR count). The number of ether oxygens (including phenoxy) is 2. The number of hydrogen-bond acceptors (Lipinski definition) is 5. The van der Waals surface area contributed by atoms with Gasteiger partial charge in [0.05, 0.1) is 11.2 Å². The van der Waals surface area contributed by atoms with Crippen molar-refractivity contribution in [3.05, 3.63) is 119 Å². The SMILES string of the molecule is N[C@]1(c2ccc(C(Cc3ccncc3)c3ccc(OC(F)F)c(OC(F)F)c3)cn2)CCc2ccccc21. The number of aromatic nitrogens is 2. The average Bonchev–Trinajstić information content (AvgIpc) is 3.26. The normalized spacial score (nSPS) is 17.4. The van der Waals surface area contributed by atoms with E-state index in [2.05, 4.69) is 20.5 Å². The van der Waals surface area contributed by atoms with Crippen LogP contribution in [0, 0.1) is 0 Å². The van der Waals surface area contributed by atoms with Crippen molar-refractivity contribution >= 4 is 0 Å². The monoisotopic (exact) mass is 523 g/mol. The van der Waals surface area contributed by atoms with Crippen LogP contribution < -0.4 is 15.2 Å². The number of fused-ring (bicyclic) bond motifs is 1. The summed E-state index contributed by atoms with van der Waals surface area (Å²) in [7, 11) is 0. The molecule has 0 bridgehead atoms. The fourth-order valence-electron chi connectivity index (χ4n) is 5.09. The third-order valence-electron chi connectivity index (χ3n) is 6.92. The molecule has 196 valence electrons. The molecule has 0 aliphatic heterocycles. The molecule has 0 fully saturated rings. The van der Waals surface area contributed by atoms with E-state index in [0.29, 0.717) is 12.0 Å². The molecule has 1 aliphatic rings. The van der Waals surface area contributed by atoms with Crippen LogP contribution in [0.2, 0.25) is 0 Å². The Morgan fingerprint density at radius 3 is 2.26 bits per heavy atom. The summed E-state index contributed by atoms with van der Waals surface area (Å²) in [6, 6.07) is 19.7. The van der Waals surface area contributed by atoms with Crippen molar-refractivity contribution in [2.45, 2.75) is 43.9 Å². The molecule has 38 heavy (non-hydrogen) atoms. The van der Waals surface area contributed by atoms with E-state index in [-0.39, 0.29) is 5.92 Å². The molecule has 1 aliphatic carbocycles. The molecule has 2 atom stereocenters. The highest BCUT2D eigenvalue weighted by Gasteiger charge is 2.37. The zero-order valence-electron chi connectivity index (χ0n) is 20.2. The van der Waals surface area contributed by atoms with Gasteiger partial charge in [-0.2, -0.15) is 17.6 Å². The average molecular weight is 524 g/mol. The zero-order valence-corrected chi connectivity index (χ0v) is 20.2. The summed E-state index contributed by atoms with van der Waals surface area (Å²) in [4.78, 5) is 8.78. The molecule has 2 aromatic carbocycles. The second-order valence-corrected chi connectivity index (χ2v) is 9.18. The predicted octanol–water partition coefficient (Wildman–Crippen LogP) is 6.20. The largest absolute Gasteiger partial charge is 0.431 e. The molecular formula is C29H25F4N3O2. The maximum atomic E-state index is 13.1. The van der Waals surface area contributed by atoms with Crippen LogP contribution in [0.25, 0.3) is 0 Å². The summed E-state index contributed by atoms with van der Waals surface area (Å²) in [5.74, 6) is -1.29. The summed E-state index contributed by atoms with van der Waals surface area (Å²) >= 11 is 0. The second kappa shape index (κ2) is 10.8. The van der Waals surface area contributed by atoms with E-state index in [4.69, 9.17) is 10.7 Å². The van der Waals surface area contributed by atoms with Crippen LogP contribution in [-0.2, 0) is 18.4 Å². The van der Waals surface area contributed by atoms with Crippen LogP contribution in [0.4, 0.5) is 17.6 Å².